The first-order valence-corrected chi connectivity index (χ1v) is 4.24. The van der Waals surface area contributed by atoms with Crippen LogP contribution in [0.5, 0.6) is 0 Å². The van der Waals surface area contributed by atoms with E-state index in [1.54, 1.807) is 13.0 Å². The lowest BCUT2D eigenvalue weighted by Gasteiger charge is -2.20. The Morgan fingerprint density at radius 2 is 1.64 bits per heavy atom. The van der Waals surface area contributed by atoms with Crippen LogP contribution in [0.3, 0.4) is 0 Å². The molecule has 0 heterocycles. The molecule has 0 aromatic heterocycles. The Morgan fingerprint density at radius 3 is 1.91 bits per heavy atom. The van der Waals surface area contributed by atoms with E-state index >= 15 is 0 Å². The van der Waals surface area contributed by atoms with Crippen LogP contribution >= 0.6 is 0 Å². The fourth-order valence-electron chi connectivity index (χ4n) is 0.573. The first-order valence-electron chi connectivity index (χ1n) is 4.24. The maximum absolute atomic E-state index is 13.5. The number of allylic oxidation sites excluding steroid dienone is 2. The van der Waals surface area contributed by atoms with Crippen LogP contribution < -0.4 is 0 Å². The minimum Gasteiger partial charge on any atom is -0.239 e. The Balaban J connectivity index is 4.11. The summed E-state index contributed by atoms with van der Waals surface area (Å²) in [6, 6.07) is 0. The van der Waals surface area contributed by atoms with Crippen molar-refractivity contribution in [1.82, 2.24) is 0 Å². The smallest absolute Gasteiger partial charge is 0.128 e. The quantitative estimate of drug-likeness (QED) is 0.551. The number of hydrogen-bond acceptors (Lipinski definition) is 0. The Hall–Kier alpha value is -0.330. The molecule has 0 rings (SSSR count). The molecule has 0 aromatic rings. The second kappa shape index (κ2) is 3.89. The molecule has 0 spiro atoms. The van der Waals surface area contributed by atoms with Gasteiger partial charge in [-0.1, -0.05) is 39.8 Å². The SMILES string of the molecule is CC(C)/C=C\C(C)(F)C(C)C. The van der Waals surface area contributed by atoms with Crippen LogP contribution in [0.4, 0.5) is 4.39 Å². The van der Waals surface area contributed by atoms with Gasteiger partial charge in [0.1, 0.15) is 5.67 Å². The first kappa shape index (κ1) is 10.7. The molecular formula is C10H19F. The number of alkyl halides is 1. The lowest BCUT2D eigenvalue weighted by molar-refractivity contribution is 0.183. The molecule has 0 aliphatic heterocycles. The fourth-order valence-corrected chi connectivity index (χ4v) is 0.573. The van der Waals surface area contributed by atoms with Gasteiger partial charge >= 0.3 is 0 Å². The minimum atomic E-state index is -1.15. The zero-order chi connectivity index (χ0) is 9.07. The summed E-state index contributed by atoms with van der Waals surface area (Å²) in [6.45, 7) is 9.51. The highest BCUT2D eigenvalue weighted by Gasteiger charge is 2.23. The molecule has 0 aromatic carbocycles. The second-order valence-corrected chi connectivity index (χ2v) is 3.91. The summed E-state index contributed by atoms with van der Waals surface area (Å²) in [5.74, 6) is 0.487. The van der Waals surface area contributed by atoms with Crippen molar-refractivity contribution in [2.45, 2.75) is 40.3 Å². The van der Waals surface area contributed by atoms with E-state index in [1.807, 2.05) is 33.8 Å². The van der Waals surface area contributed by atoms with Crippen molar-refractivity contribution < 1.29 is 4.39 Å². The van der Waals surface area contributed by atoms with Crippen molar-refractivity contribution >= 4 is 0 Å². The normalized spacial score (nSPS) is 18.2. The highest BCUT2D eigenvalue weighted by atomic mass is 19.1. The zero-order valence-electron chi connectivity index (χ0n) is 8.19. The number of halogens is 1. The molecule has 66 valence electrons. The molecule has 0 saturated carbocycles. The van der Waals surface area contributed by atoms with E-state index in [0.717, 1.165) is 0 Å². The number of hydrogen-bond donors (Lipinski definition) is 0. The van der Waals surface area contributed by atoms with Crippen LogP contribution in [0.2, 0.25) is 0 Å². The summed E-state index contributed by atoms with van der Waals surface area (Å²) < 4.78 is 13.5. The van der Waals surface area contributed by atoms with E-state index < -0.39 is 5.67 Å². The fraction of sp³-hybridized carbons (Fsp3) is 0.800. The molecule has 11 heavy (non-hydrogen) atoms. The van der Waals surface area contributed by atoms with Gasteiger partial charge in [0.25, 0.3) is 0 Å². The molecule has 1 heteroatoms. The molecule has 0 N–H and O–H groups in total. The Bertz CT molecular complexity index is 132. The highest BCUT2D eigenvalue weighted by molar-refractivity contribution is 5.01. The predicted octanol–water partition coefficient (Wildman–Crippen LogP) is 3.58. The molecule has 0 saturated heterocycles. The molecule has 0 amide bonds. The maximum Gasteiger partial charge on any atom is 0.128 e. The van der Waals surface area contributed by atoms with E-state index in [-0.39, 0.29) is 5.92 Å². The molecule has 0 bridgehead atoms. The third-order valence-corrected chi connectivity index (χ3v) is 1.94. The van der Waals surface area contributed by atoms with Gasteiger partial charge in [-0.2, -0.15) is 0 Å². The third kappa shape index (κ3) is 4.18. The zero-order valence-corrected chi connectivity index (χ0v) is 8.19. The van der Waals surface area contributed by atoms with Crippen LogP contribution in [0.25, 0.3) is 0 Å². The standard InChI is InChI=1S/C10H19F/c1-8(2)6-7-10(5,11)9(3)4/h6-9H,1-5H3/b7-6-. The topological polar surface area (TPSA) is 0 Å². The van der Waals surface area contributed by atoms with Crippen molar-refractivity contribution in [2.75, 3.05) is 0 Å². The summed E-state index contributed by atoms with van der Waals surface area (Å²) >= 11 is 0. The van der Waals surface area contributed by atoms with Crippen LogP contribution in [-0.2, 0) is 0 Å². The van der Waals surface area contributed by atoms with Crippen LogP contribution in [0.1, 0.15) is 34.6 Å². The third-order valence-electron chi connectivity index (χ3n) is 1.94. The van der Waals surface area contributed by atoms with Gasteiger partial charge < -0.3 is 0 Å². The van der Waals surface area contributed by atoms with Gasteiger partial charge in [-0.05, 0) is 18.8 Å². The van der Waals surface area contributed by atoms with Crippen molar-refractivity contribution in [2.24, 2.45) is 11.8 Å². The van der Waals surface area contributed by atoms with Gasteiger partial charge in [0.15, 0.2) is 0 Å². The first-order chi connectivity index (χ1) is 4.86. The lowest BCUT2D eigenvalue weighted by Crippen LogP contribution is -2.22. The summed E-state index contributed by atoms with van der Waals surface area (Å²) in [6.07, 6.45) is 3.59. The lowest BCUT2D eigenvalue weighted by atomic mass is 9.93. The Morgan fingerprint density at radius 1 is 1.18 bits per heavy atom. The molecule has 1 atom stereocenters. The Kier molecular flexibility index (Phi) is 3.77. The molecule has 0 nitrogen and oxygen atoms in total. The van der Waals surface area contributed by atoms with Gasteiger partial charge in [-0.15, -0.1) is 0 Å². The molecule has 1 unspecified atom stereocenters. The van der Waals surface area contributed by atoms with E-state index in [1.165, 1.54) is 0 Å². The van der Waals surface area contributed by atoms with E-state index in [9.17, 15) is 4.39 Å². The van der Waals surface area contributed by atoms with Gasteiger partial charge in [-0.3, -0.25) is 0 Å². The summed E-state index contributed by atoms with van der Waals surface area (Å²) in [5, 5.41) is 0. The Labute approximate surface area is 69.5 Å². The average Bonchev–Trinajstić information content (AvgIpc) is 1.84. The largest absolute Gasteiger partial charge is 0.239 e. The summed E-state index contributed by atoms with van der Waals surface area (Å²) in [4.78, 5) is 0. The van der Waals surface area contributed by atoms with Crippen molar-refractivity contribution in [1.29, 1.82) is 0 Å². The maximum atomic E-state index is 13.5. The molecule has 0 fully saturated rings. The molecular weight excluding hydrogens is 139 g/mol. The van der Waals surface area contributed by atoms with Crippen LogP contribution in [0, 0.1) is 11.8 Å². The summed E-state index contributed by atoms with van der Waals surface area (Å²) in [7, 11) is 0. The molecule has 0 aliphatic carbocycles. The average molecular weight is 158 g/mol. The van der Waals surface area contributed by atoms with Crippen LogP contribution in [0.15, 0.2) is 12.2 Å². The van der Waals surface area contributed by atoms with E-state index in [2.05, 4.69) is 0 Å². The van der Waals surface area contributed by atoms with Gasteiger partial charge in [0.05, 0.1) is 0 Å². The van der Waals surface area contributed by atoms with Gasteiger partial charge in [0, 0.05) is 0 Å². The van der Waals surface area contributed by atoms with E-state index in [4.69, 9.17) is 0 Å². The van der Waals surface area contributed by atoms with Crippen LogP contribution in [-0.4, -0.2) is 5.67 Å². The van der Waals surface area contributed by atoms with Crippen molar-refractivity contribution in [3.8, 4) is 0 Å². The monoisotopic (exact) mass is 158 g/mol. The predicted molar refractivity (Wildman–Crippen MR) is 48.3 cm³/mol. The second-order valence-electron chi connectivity index (χ2n) is 3.91. The summed E-state index contributed by atoms with van der Waals surface area (Å²) in [5.41, 5.74) is -1.15. The van der Waals surface area contributed by atoms with Crippen molar-refractivity contribution in [3.05, 3.63) is 12.2 Å². The van der Waals surface area contributed by atoms with Gasteiger partial charge in [-0.25, -0.2) is 4.39 Å². The molecule has 0 radical (unpaired) electrons. The van der Waals surface area contributed by atoms with E-state index in [0.29, 0.717) is 5.92 Å². The minimum absolute atomic E-state index is 0.0532. The van der Waals surface area contributed by atoms with Crippen molar-refractivity contribution in [3.63, 3.8) is 0 Å². The highest BCUT2D eigenvalue weighted by Crippen LogP contribution is 2.23. The molecule has 0 aliphatic rings. The number of rotatable bonds is 3. The van der Waals surface area contributed by atoms with Gasteiger partial charge in [0.2, 0.25) is 0 Å².